The third-order valence-corrected chi connectivity index (χ3v) is 3.70. The van der Waals surface area contributed by atoms with Crippen LogP contribution in [0.5, 0.6) is 0 Å². The average molecular weight is 345 g/mol. The van der Waals surface area contributed by atoms with E-state index in [0.717, 1.165) is 12.1 Å². The van der Waals surface area contributed by atoms with E-state index in [9.17, 15) is 23.5 Å². The Hall–Kier alpha value is -3.22. The molecule has 0 saturated carbocycles. The number of aliphatic carboxylic acids is 1. The van der Waals surface area contributed by atoms with Crippen molar-refractivity contribution in [3.8, 4) is 0 Å². The third kappa shape index (κ3) is 3.35. The van der Waals surface area contributed by atoms with Crippen LogP contribution in [0.25, 0.3) is 11.0 Å². The second-order valence-corrected chi connectivity index (χ2v) is 5.52. The van der Waals surface area contributed by atoms with Gasteiger partial charge in [-0.3, -0.25) is 4.79 Å². The van der Waals surface area contributed by atoms with Gasteiger partial charge in [0.2, 0.25) is 0 Å². The highest BCUT2D eigenvalue weighted by Crippen LogP contribution is 2.22. The Kier molecular flexibility index (Phi) is 4.22. The summed E-state index contributed by atoms with van der Waals surface area (Å²) in [6, 6.07) is 7.19. The van der Waals surface area contributed by atoms with E-state index in [4.69, 9.17) is 4.42 Å². The molecule has 7 heteroatoms. The lowest BCUT2D eigenvalue weighted by Crippen LogP contribution is -2.34. The summed E-state index contributed by atoms with van der Waals surface area (Å²) in [5, 5.41) is 12.2. The molecule has 0 saturated heterocycles. The quantitative estimate of drug-likeness (QED) is 0.757. The number of carboxylic acid groups (broad SMARTS) is 1. The minimum Gasteiger partial charge on any atom is -0.479 e. The number of benzene rings is 2. The molecule has 25 heavy (non-hydrogen) atoms. The summed E-state index contributed by atoms with van der Waals surface area (Å²) in [4.78, 5) is 23.8. The van der Waals surface area contributed by atoms with Crippen LogP contribution in [0.15, 0.2) is 46.9 Å². The SMILES string of the molecule is Cc1cc2cc(C(=O)N[C@H](C(=O)O)c3ccc(F)cc3F)ccc2o1. The molecule has 0 fully saturated rings. The average Bonchev–Trinajstić information content (AvgIpc) is 2.91. The zero-order valence-corrected chi connectivity index (χ0v) is 13.0. The summed E-state index contributed by atoms with van der Waals surface area (Å²) < 4.78 is 32.3. The van der Waals surface area contributed by atoms with E-state index in [0.29, 0.717) is 22.8 Å². The van der Waals surface area contributed by atoms with E-state index in [2.05, 4.69) is 5.32 Å². The molecule has 3 aromatic rings. The van der Waals surface area contributed by atoms with Crippen LogP contribution in [0.4, 0.5) is 8.78 Å². The molecule has 2 N–H and O–H groups in total. The molecule has 128 valence electrons. The third-order valence-electron chi connectivity index (χ3n) is 3.70. The molecule has 1 heterocycles. The first kappa shape index (κ1) is 16.6. The van der Waals surface area contributed by atoms with Crippen molar-refractivity contribution in [2.75, 3.05) is 0 Å². The molecule has 2 aromatic carbocycles. The van der Waals surface area contributed by atoms with E-state index in [-0.39, 0.29) is 11.1 Å². The number of carbonyl (C=O) groups is 2. The molecular weight excluding hydrogens is 332 g/mol. The topological polar surface area (TPSA) is 79.5 Å². The predicted molar refractivity (Wildman–Crippen MR) is 85.2 cm³/mol. The van der Waals surface area contributed by atoms with Crippen LogP contribution in [0.2, 0.25) is 0 Å². The second-order valence-electron chi connectivity index (χ2n) is 5.52. The monoisotopic (exact) mass is 345 g/mol. The van der Waals surface area contributed by atoms with Crippen LogP contribution in [-0.2, 0) is 4.79 Å². The lowest BCUT2D eigenvalue weighted by Gasteiger charge is -2.15. The number of carboxylic acids is 1. The van der Waals surface area contributed by atoms with Crippen molar-refractivity contribution < 1.29 is 27.9 Å². The molecule has 0 spiro atoms. The Balaban J connectivity index is 1.90. The van der Waals surface area contributed by atoms with Crippen molar-refractivity contribution in [1.82, 2.24) is 5.32 Å². The van der Waals surface area contributed by atoms with E-state index in [1.807, 2.05) is 0 Å². The zero-order valence-electron chi connectivity index (χ0n) is 13.0. The summed E-state index contributed by atoms with van der Waals surface area (Å²) in [6.07, 6.45) is 0. The fourth-order valence-corrected chi connectivity index (χ4v) is 2.54. The molecule has 1 atom stereocenters. The van der Waals surface area contributed by atoms with Gasteiger partial charge in [0, 0.05) is 22.6 Å². The van der Waals surface area contributed by atoms with Crippen LogP contribution in [0, 0.1) is 18.6 Å². The minimum atomic E-state index is -1.64. The number of amides is 1. The van der Waals surface area contributed by atoms with Crippen molar-refractivity contribution in [3.05, 3.63) is 71.0 Å². The van der Waals surface area contributed by atoms with Crippen molar-refractivity contribution in [3.63, 3.8) is 0 Å². The number of furan rings is 1. The number of aryl methyl sites for hydroxylation is 1. The molecule has 0 unspecified atom stereocenters. The van der Waals surface area contributed by atoms with Gasteiger partial charge < -0.3 is 14.8 Å². The highest BCUT2D eigenvalue weighted by atomic mass is 19.1. The first-order valence-electron chi connectivity index (χ1n) is 7.34. The first-order valence-corrected chi connectivity index (χ1v) is 7.34. The lowest BCUT2D eigenvalue weighted by atomic mass is 10.0. The van der Waals surface area contributed by atoms with Crippen molar-refractivity contribution in [2.24, 2.45) is 0 Å². The Bertz CT molecular complexity index is 980. The summed E-state index contributed by atoms with van der Waals surface area (Å²) in [7, 11) is 0. The van der Waals surface area contributed by atoms with Gasteiger partial charge in [-0.1, -0.05) is 6.07 Å². The fraction of sp³-hybridized carbons (Fsp3) is 0.111. The highest BCUT2D eigenvalue weighted by Gasteiger charge is 2.26. The summed E-state index contributed by atoms with van der Waals surface area (Å²) in [5.74, 6) is -3.37. The second kappa shape index (κ2) is 6.35. The number of hydrogen-bond donors (Lipinski definition) is 2. The number of fused-ring (bicyclic) bond motifs is 1. The normalized spacial score (nSPS) is 12.1. The highest BCUT2D eigenvalue weighted by molar-refractivity contribution is 5.99. The van der Waals surface area contributed by atoms with Crippen LogP contribution < -0.4 is 5.32 Å². The largest absolute Gasteiger partial charge is 0.479 e. The standard InChI is InChI=1S/C18H13F2NO4/c1-9-6-11-7-10(2-5-15(11)25-9)17(22)21-16(18(23)24)13-4-3-12(19)8-14(13)20/h2-8,16H,1H3,(H,21,22)(H,23,24)/t16-/m0/s1. The molecule has 1 aromatic heterocycles. The molecule has 3 rings (SSSR count). The minimum absolute atomic E-state index is 0.196. The van der Waals surface area contributed by atoms with Crippen LogP contribution in [0.1, 0.15) is 27.7 Å². The molecular formula is C18H13F2NO4. The summed E-state index contributed by atoms with van der Waals surface area (Å²) in [6.45, 7) is 1.76. The number of carbonyl (C=O) groups excluding carboxylic acids is 1. The van der Waals surface area contributed by atoms with Gasteiger partial charge in [0.1, 0.15) is 23.0 Å². The molecule has 5 nitrogen and oxygen atoms in total. The number of rotatable bonds is 4. The zero-order chi connectivity index (χ0) is 18.1. The predicted octanol–water partition coefficient (Wildman–Crippen LogP) is 3.58. The van der Waals surface area contributed by atoms with Gasteiger partial charge >= 0.3 is 5.97 Å². The van der Waals surface area contributed by atoms with Crippen LogP contribution in [-0.4, -0.2) is 17.0 Å². The number of halogens is 2. The maximum Gasteiger partial charge on any atom is 0.331 e. The van der Waals surface area contributed by atoms with E-state index in [1.54, 1.807) is 25.1 Å². The van der Waals surface area contributed by atoms with Crippen molar-refractivity contribution in [1.29, 1.82) is 0 Å². The van der Waals surface area contributed by atoms with E-state index >= 15 is 0 Å². The van der Waals surface area contributed by atoms with Gasteiger partial charge in [-0.15, -0.1) is 0 Å². The molecule has 0 aliphatic rings. The molecule has 0 bridgehead atoms. The Labute approximate surface area is 140 Å². The van der Waals surface area contributed by atoms with Crippen molar-refractivity contribution >= 4 is 22.8 Å². The Morgan fingerprint density at radius 3 is 2.56 bits per heavy atom. The van der Waals surface area contributed by atoms with Gasteiger partial charge in [0.25, 0.3) is 5.91 Å². The molecule has 0 aliphatic carbocycles. The maximum atomic E-state index is 13.9. The molecule has 0 aliphatic heterocycles. The first-order chi connectivity index (χ1) is 11.8. The van der Waals surface area contributed by atoms with E-state index < -0.39 is 29.6 Å². The Morgan fingerprint density at radius 1 is 1.12 bits per heavy atom. The van der Waals surface area contributed by atoms with Crippen LogP contribution >= 0.6 is 0 Å². The van der Waals surface area contributed by atoms with Gasteiger partial charge in [-0.25, -0.2) is 13.6 Å². The lowest BCUT2D eigenvalue weighted by molar-refractivity contribution is -0.139. The molecule has 0 radical (unpaired) electrons. The van der Waals surface area contributed by atoms with Gasteiger partial charge in [0.15, 0.2) is 6.04 Å². The summed E-state index contributed by atoms with van der Waals surface area (Å²) >= 11 is 0. The van der Waals surface area contributed by atoms with Gasteiger partial charge in [-0.05, 0) is 37.3 Å². The fourth-order valence-electron chi connectivity index (χ4n) is 2.54. The van der Waals surface area contributed by atoms with Crippen molar-refractivity contribution in [2.45, 2.75) is 13.0 Å². The maximum absolute atomic E-state index is 13.9. The smallest absolute Gasteiger partial charge is 0.331 e. The van der Waals surface area contributed by atoms with Crippen LogP contribution in [0.3, 0.4) is 0 Å². The van der Waals surface area contributed by atoms with E-state index in [1.165, 1.54) is 6.07 Å². The summed E-state index contributed by atoms with van der Waals surface area (Å²) in [5.41, 5.74) is 0.456. The molecule has 1 amide bonds. The number of hydrogen-bond acceptors (Lipinski definition) is 3. The Morgan fingerprint density at radius 2 is 1.88 bits per heavy atom. The van der Waals surface area contributed by atoms with Gasteiger partial charge in [-0.2, -0.15) is 0 Å². The number of nitrogens with one attached hydrogen (secondary N) is 1. The van der Waals surface area contributed by atoms with Gasteiger partial charge in [0.05, 0.1) is 0 Å².